The average molecular weight is 447 g/mol. The van der Waals surface area contributed by atoms with Gasteiger partial charge < -0.3 is 14.8 Å². The third-order valence-electron chi connectivity index (χ3n) is 5.87. The van der Waals surface area contributed by atoms with Crippen LogP contribution in [0.15, 0.2) is 67.1 Å². The van der Waals surface area contributed by atoms with E-state index in [0.29, 0.717) is 41.4 Å². The van der Waals surface area contributed by atoms with Gasteiger partial charge in [0.15, 0.2) is 5.82 Å². The van der Waals surface area contributed by atoms with E-state index in [1.165, 1.54) is 6.07 Å². The summed E-state index contributed by atoms with van der Waals surface area (Å²) in [5.41, 5.74) is 1.04. The van der Waals surface area contributed by atoms with E-state index in [0.717, 1.165) is 5.69 Å². The molecule has 0 radical (unpaired) electrons. The maximum atomic E-state index is 14.3. The third-order valence-corrected chi connectivity index (χ3v) is 5.87. The van der Waals surface area contributed by atoms with Gasteiger partial charge in [0.1, 0.15) is 28.7 Å². The van der Waals surface area contributed by atoms with Crippen LogP contribution in [0.4, 0.5) is 10.2 Å². The smallest absolute Gasteiger partial charge is 0.236 e. The Balaban J connectivity index is 1.35. The molecular weight excluding hydrogens is 425 g/mol. The van der Waals surface area contributed by atoms with Gasteiger partial charge in [0, 0.05) is 23.9 Å². The summed E-state index contributed by atoms with van der Waals surface area (Å²) in [5, 5.41) is 11.7. The van der Waals surface area contributed by atoms with E-state index < -0.39 is 5.41 Å². The van der Waals surface area contributed by atoms with Crippen LogP contribution < -0.4 is 14.8 Å². The predicted molar refractivity (Wildman–Crippen MR) is 120 cm³/mol. The van der Waals surface area contributed by atoms with Gasteiger partial charge in [-0.2, -0.15) is 5.10 Å². The molecular formula is C24H22FN5O3. The van der Waals surface area contributed by atoms with Crippen molar-refractivity contribution in [1.82, 2.24) is 19.6 Å². The molecule has 5 rings (SSSR count). The van der Waals surface area contributed by atoms with Gasteiger partial charge in [0.2, 0.25) is 5.91 Å². The van der Waals surface area contributed by atoms with E-state index in [4.69, 9.17) is 9.47 Å². The van der Waals surface area contributed by atoms with Gasteiger partial charge in [0.25, 0.3) is 0 Å². The molecule has 2 heterocycles. The number of carbonyl (C=O) groups excluding carboxylic acids is 1. The number of amides is 1. The Kier molecular flexibility index (Phi) is 5.08. The number of halogens is 1. The Labute approximate surface area is 189 Å². The van der Waals surface area contributed by atoms with Crippen molar-refractivity contribution < 1.29 is 18.7 Å². The fourth-order valence-corrected chi connectivity index (χ4v) is 3.90. The number of rotatable bonds is 7. The van der Waals surface area contributed by atoms with Crippen molar-refractivity contribution in [3.05, 3.63) is 78.5 Å². The summed E-state index contributed by atoms with van der Waals surface area (Å²) in [6, 6.07) is 13.6. The number of ether oxygens (including phenoxy) is 2. The van der Waals surface area contributed by atoms with Crippen LogP contribution in [0.3, 0.4) is 0 Å². The highest BCUT2D eigenvalue weighted by atomic mass is 19.1. The first-order valence-corrected chi connectivity index (χ1v) is 10.4. The van der Waals surface area contributed by atoms with Gasteiger partial charge in [0.05, 0.1) is 32.0 Å². The van der Waals surface area contributed by atoms with Crippen LogP contribution in [0.1, 0.15) is 18.4 Å². The second-order valence-electron chi connectivity index (χ2n) is 7.84. The molecule has 1 fully saturated rings. The summed E-state index contributed by atoms with van der Waals surface area (Å²) in [4.78, 5) is 12.9. The summed E-state index contributed by atoms with van der Waals surface area (Å²) in [7, 11) is 3.18. The molecule has 2 aromatic carbocycles. The number of anilines is 1. The molecule has 8 nitrogen and oxygen atoms in total. The second kappa shape index (κ2) is 8.09. The first-order valence-electron chi connectivity index (χ1n) is 10.4. The van der Waals surface area contributed by atoms with Crippen molar-refractivity contribution in [2.24, 2.45) is 0 Å². The van der Waals surface area contributed by atoms with Crippen LogP contribution in [-0.4, -0.2) is 39.7 Å². The number of nitrogens with zero attached hydrogens (tertiary/aromatic N) is 4. The van der Waals surface area contributed by atoms with Gasteiger partial charge in [-0.25, -0.2) is 13.8 Å². The summed E-state index contributed by atoms with van der Waals surface area (Å²) in [6.45, 7) is 0. The minimum atomic E-state index is -0.828. The molecule has 2 aromatic heterocycles. The number of hydrogen-bond donors (Lipinski definition) is 1. The fraction of sp³-hybridized carbons (Fsp3) is 0.208. The molecule has 0 spiro atoms. The molecule has 4 aromatic rings. The second-order valence-corrected chi connectivity index (χ2v) is 7.84. The Morgan fingerprint density at radius 1 is 1.09 bits per heavy atom. The van der Waals surface area contributed by atoms with Crippen LogP contribution in [0, 0.1) is 5.82 Å². The van der Waals surface area contributed by atoms with E-state index >= 15 is 0 Å². The third kappa shape index (κ3) is 3.71. The number of hydrogen-bond acceptors (Lipinski definition) is 5. The molecule has 1 aliphatic carbocycles. The predicted octanol–water partition coefficient (Wildman–Crippen LogP) is 3.88. The zero-order valence-corrected chi connectivity index (χ0v) is 18.2. The van der Waals surface area contributed by atoms with E-state index in [1.54, 1.807) is 72.5 Å². The van der Waals surface area contributed by atoms with Crippen LogP contribution >= 0.6 is 0 Å². The van der Waals surface area contributed by atoms with E-state index in [2.05, 4.69) is 15.5 Å². The largest absolute Gasteiger partial charge is 0.497 e. The van der Waals surface area contributed by atoms with Crippen molar-refractivity contribution in [3.63, 3.8) is 0 Å². The molecule has 0 aliphatic heterocycles. The fourth-order valence-electron chi connectivity index (χ4n) is 3.90. The number of carbonyl (C=O) groups is 1. The number of methoxy groups -OCH3 is 2. The van der Waals surface area contributed by atoms with Crippen molar-refractivity contribution in [3.8, 4) is 22.9 Å². The minimum absolute atomic E-state index is 0.253. The molecule has 0 bridgehead atoms. The van der Waals surface area contributed by atoms with Gasteiger partial charge in [-0.15, -0.1) is 5.10 Å². The Morgan fingerprint density at radius 3 is 2.64 bits per heavy atom. The lowest BCUT2D eigenvalue weighted by molar-refractivity contribution is -0.118. The topological polar surface area (TPSA) is 83.2 Å². The van der Waals surface area contributed by atoms with E-state index in [-0.39, 0.29) is 11.7 Å². The highest BCUT2D eigenvalue weighted by Gasteiger charge is 2.52. The highest BCUT2D eigenvalue weighted by molar-refractivity contribution is 6.00. The van der Waals surface area contributed by atoms with Crippen molar-refractivity contribution in [1.29, 1.82) is 0 Å². The zero-order valence-electron chi connectivity index (χ0n) is 18.2. The number of benzene rings is 2. The van der Waals surface area contributed by atoms with Gasteiger partial charge in [-0.05, 0) is 31.0 Å². The molecule has 9 heteroatoms. The summed E-state index contributed by atoms with van der Waals surface area (Å²) >= 11 is 0. The monoisotopic (exact) mass is 447 g/mol. The average Bonchev–Trinajstić information content (AvgIpc) is 3.26. The van der Waals surface area contributed by atoms with Crippen LogP contribution in [0.2, 0.25) is 0 Å². The molecule has 1 N–H and O–H groups in total. The highest BCUT2D eigenvalue weighted by Crippen LogP contribution is 2.49. The molecule has 0 unspecified atom stereocenters. The Bertz CT molecular complexity index is 1330. The number of aromatic nitrogens is 4. The van der Waals surface area contributed by atoms with Crippen molar-refractivity contribution >= 4 is 11.7 Å². The maximum absolute atomic E-state index is 14.3. The van der Waals surface area contributed by atoms with Crippen LogP contribution in [0.5, 0.6) is 11.5 Å². The summed E-state index contributed by atoms with van der Waals surface area (Å²) in [5.74, 6) is 1.06. The lowest BCUT2D eigenvalue weighted by Crippen LogP contribution is -2.28. The molecule has 1 amide bonds. The maximum Gasteiger partial charge on any atom is 0.236 e. The quantitative estimate of drug-likeness (QED) is 0.465. The van der Waals surface area contributed by atoms with Gasteiger partial charge in [-0.1, -0.05) is 18.2 Å². The molecule has 0 saturated heterocycles. The lowest BCUT2D eigenvalue weighted by atomic mass is 9.94. The summed E-state index contributed by atoms with van der Waals surface area (Å²) < 4.78 is 28.2. The SMILES string of the molecule is COc1ccc(-n2cc(-n3ccc(NC(=O)C4(c5ccccc5F)CC4)n3)cn2)c(OC)c1. The lowest BCUT2D eigenvalue weighted by Gasteiger charge is -2.15. The van der Waals surface area contributed by atoms with E-state index in [9.17, 15) is 9.18 Å². The zero-order chi connectivity index (χ0) is 23.0. The van der Waals surface area contributed by atoms with E-state index in [1.807, 2.05) is 12.1 Å². The van der Waals surface area contributed by atoms with Crippen LogP contribution in [-0.2, 0) is 10.2 Å². The summed E-state index contributed by atoms with van der Waals surface area (Å²) in [6.07, 6.45) is 6.40. The van der Waals surface area contributed by atoms with Gasteiger partial charge >= 0.3 is 0 Å². The number of nitrogens with one attached hydrogen (secondary N) is 1. The molecule has 0 atom stereocenters. The molecule has 168 valence electrons. The molecule has 1 saturated carbocycles. The van der Waals surface area contributed by atoms with Crippen LogP contribution in [0.25, 0.3) is 11.4 Å². The van der Waals surface area contributed by atoms with Crippen molar-refractivity contribution in [2.75, 3.05) is 19.5 Å². The molecule has 33 heavy (non-hydrogen) atoms. The minimum Gasteiger partial charge on any atom is -0.497 e. The van der Waals surface area contributed by atoms with Gasteiger partial charge in [-0.3, -0.25) is 4.79 Å². The standard InChI is InChI=1S/C24H22FN5O3/c1-32-17-7-8-20(21(13-17)33-2)30-15-16(14-26-30)29-12-9-22(28-29)27-23(31)24(10-11-24)18-5-3-4-6-19(18)25/h3-9,12-15H,10-11H2,1-2H3,(H,27,28,31). The first kappa shape index (κ1) is 20.7. The molecule has 1 aliphatic rings. The normalized spacial score (nSPS) is 14.0. The Hall–Kier alpha value is -4.14. The van der Waals surface area contributed by atoms with Crippen molar-refractivity contribution in [2.45, 2.75) is 18.3 Å². The first-order chi connectivity index (χ1) is 16.0. The Morgan fingerprint density at radius 2 is 1.91 bits per heavy atom.